The SMILES string of the molecule is COC1(Cc2ccc(C)cc2C)CNC1. The van der Waals surface area contributed by atoms with Gasteiger partial charge >= 0.3 is 0 Å². The van der Waals surface area contributed by atoms with Crippen molar-refractivity contribution < 1.29 is 4.74 Å². The molecule has 15 heavy (non-hydrogen) atoms. The van der Waals surface area contributed by atoms with Crippen LogP contribution >= 0.6 is 0 Å². The van der Waals surface area contributed by atoms with Gasteiger partial charge in [0.1, 0.15) is 0 Å². The van der Waals surface area contributed by atoms with E-state index in [4.69, 9.17) is 4.74 Å². The van der Waals surface area contributed by atoms with Crippen LogP contribution in [0.3, 0.4) is 0 Å². The molecule has 1 heterocycles. The minimum Gasteiger partial charge on any atom is -0.375 e. The van der Waals surface area contributed by atoms with Crippen LogP contribution in [-0.4, -0.2) is 25.8 Å². The summed E-state index contributed by atoms with van der Waals surface area (Å²) in [6.07, 6.45) is 1.02. The summed E-state index contributed by atoms with van der Waals surface area (Å²) in [5.74, 6) is 0. The maximum absolute atomic E-state index is 5.60. The lowest BCUT2D eigenvalue weighted by Gasteiger charge is -2.41. The summed E-state index contributed by atoms with van der Waals surface area (Å²) in [4.78, 5) is 0. The topological polar surface area (TPSA) is 21.3 Å². The minimum atomic E-state index is 0.0417. The Hall–Kier alpha value is -0.860. The smallest absolute Gasteiger partial charge is 0.0966 e. The fourth-order valence-corrected chi connectivity index (χ4v) is 2.14. The molecule has 1 saturated heterocycles. The number of aryl methyl sites for hydroxylation is 2. The van der Waals surface area contributed by atoms with Crippen molar-refractivity contribution in [1.82, 2.24) is 5.32 Å². The average Bonchev–Trinajstić information content (AvgIpc) is 2.14. The number of hydrogen-bond donors (Lipinski definition) is 1. The molecule has 1 aliphatic heterocycles. The van der Waals surface area contributed by atoms with Gasteiger partial charge in [0.25, 0.3) is 0 Å². The molecular formula is C13H19NO. The summed E-state index contributed by atoms with van der Waals surface area (Å²) in [6.45, 7) is 6.25. The second kappa shape index (κ2) is 3.95. The summed E-state index contributed by atoms with van der Waals surface area (Å²) in [6, 6.07) is 6.65. The average molecular weight is 205 g/mol. The number of methoxy groups -OCH3 is 1. The molecule has 0 saturated carbocycles. The quantitative estimate of drug-likeness (QED) is 0.813. The molecule has 1 fully saturated rings. The Morgan fingerprint density at radius 3 is 2.53 bits per heavy atom. The molecule has 2 heteroatoms. The zero-order chi connectivity index (χ0) is 10.9. The van der Waals surface area contributed by atoms with Crippen LogP contribution in [0.5, 0.6) is 0 Å². The molecule has 1 aliphatic rings. The highest BCUT2D eigenvalue weighted by molar-refractivity contribution is 5.32. The van der Waals surface area contributed by atoms with Crippen molar-refractivity contribution in [3.05, 3.63) is 34.9 Å². The number of rotatable bonds is 3. The van der Waals surface area contributed by atoms with Crippen molar-refractivity contribution in [2.45, 2.75) is 25.9 Å². The van der Waals surface area contributed by atoms with Gasteiger partial charge in [0.15, 0.2) is 0 Å². The maximum Gasteiger partial charge on any atom is 0.0966 e. The normalized spacial score (nSPS) is 18.6. The molecule has 0 atom stereocenters. The van der Waals surface area contributed by atoms with Crippen LogP contribution in [0.2, 0.25) is 0 Å². The molecule has 2 rings (SSSR count). The molecule has 0 aliphatic carbocycles. The van der Waals surface area contributed by atoms with Crippen LogP contribution in [0.15, 0.2) is 18.2 Å². The summed E-state index contributed by atoms with van der Waals surface area (Å²) in [5, 5.41) is 3.28. The molecule has 1 aromatic rings. The number of nitrogens with one attached hydrogen (secondary N) is 1. The second-order valence-corrected chi connectivity index (χ2v) is 4.60. The van der Waals surface area contributed by atoms with Crippen LogP contribution < -0.4 is 5.32 Å². The summed E-state index contributed by atoms with van der Waals surface area (Å²) < 4.78 is 5.60. The van der Waals surface area contributed by atoms with Gasteiger partial charge in [-0.2, -0.15) is 0 Å². The van der Waals surface area contributed by atoms with E-state index in [2.05, 4.69) is 37.4 Å². The van der Waals surface area contributed by atoms with E-state index in [-0.39, 0.29) is 5.60 Å². The lowest BCUT2D eigenvalue weighted by molar-refractivity contribution is -0.0503. The van der Waals surface area contributed by atoms with E-state index in [0.717, 1.165) is 19.5 Å². The molecular weight excluding hydrogens is 186 g/mol. The third-order valence-corrected chi connectivity index (χ3v) is 3.34. The standard InChI is InChI=1S/C13H19NO/c1-10-4-5-12(11(2)6-10)7-13(15-3)8-14-9-13/h4-6,14H,7-9H2,1-3H3. The number of benzene rings is 1. The highest BCUT2D eigenvalue weighted by Crippen LogP contribution is 2.23. The van der Waals surface area contributed by atoms with Gasteiger partial charge < -0.3 is 10.1 Å². The Morgan fingerprint density at radius 1 is 1.33 bits per heavy atom. The molecule has 0 spiro atoms. The Balaban J connectivity index is 2.16. The Morgan fingerprint density at radius 2 is 2.07 bits per heavy atom. The molecule has 0 aromatic heterocycles. The van der Waals surface area contributed by atoms with Crippen molar-refractivity contribution >= 4 is 0 Å². The van der Waals surface area contributed by atoms with Crippen molar-refractivity contribution in [3.63, 3.8) is 0 Å². The van der Waals surface area contributed by atoms with Crippen LogP contribution in [0.1, 0.15) is 16.7 Å². The summed E-state index contributed by atoms with van der Waals surface area (Å²) >= 11 is 0. The monoisotopic (exact) mass is 205 g/mol. The minimum absolute atomic E-state index is 0.0417. The molecule has 1 aromatic carbocycles. The molecule has 2 nitrogen and oxygen atoms in total. The molecule has 0 unspecified atom stereocenters. The van der Waals surface area contributed by atoms with Gasteiger partial charge in [-0.25, -0.2) is 0 Å². The molecule has 0 amide bonds. The predicted octanol–water partition coefficient (Wildman–Crippen LogP) is 1.83. The highest BCUT2D eigenvalue weighted by atomic mass is 16.5. The van der Waals surface area contributed by atoms with E-state index in [9.17, 15) is 0 Å². The maximum atomic E-state index is 5.60. The van der Waals surface area contributed by atoms with Crippen LogP contribution in [0.25, 0.3) is 0 Å². The van der Waals surface area contributed by atoms with Crippen molar-refractivity contribution in [2.75, 3.05) is 20.2 Å². The van der Waals surface area contributed by atoms with E-state index in [1.165, 1.54) is 16.7 Å². The number of hydrogen-bond acceptors (Lipinski definition) is 2. The second-order valence-electron chi connectivity index (χ2n) is 4.60. The van der Waals surface area contributed by atoms with Crippen LogP contribution in [0, 0.1) is 13.8 Å². The Labute approximate surface area is 91.6 Å². The third-order valence-electron chi connectivity index (χ3n) is 3.34. The largest absolute Gasteiger partial charge is 0.375 e. The zero-order valence-electron chi connectivity index (χ0n) is 9.76. The van der Waals surface area contributed by atoms with Crippen LogP contribution in [-0.2, 0) is 11.2 Å². The van der Waals surface area contributed by atoms with Gasteiger partial charge in [-0.05, 0) is 25.0 Å². The van der Waals surface area contributed by atoms with Gasteiger partial charge in [0, 0.05) is 26.6 Å². The molecule has 82 valence electrons. The first-order chi connectivity index (χ1) is 7.15. The molecule has 0 radical (unpaired) electrons. The lowest BCUT2D eigenvalue weighted by atomic mass is 9.87. The first-order valence-electron chi connectivity index (χ1n) is 5.47. The lowest BCUT2D eigenvalue weighted by Crippen LogP contribution is -2.61. The predicted molar refractivity (Wildman–Crippen MR) is 62.2 cm³/mol. The van der Waals surface area contributed by atoms with E-state index in [1.807, 2.05) is 7.11 Å². The van der Waals surface area contributed by atoms with Gasteiger partial charge in [0.2, 0.25) is 0 Å². The summed E-state index contributed by atoms with van der Waals surface area (Å²) in [7, 11) is 1.81. The van der Waals surface area contributed by atoms with Gasteiger partial charge in [-0.3, -0.25) is 0 Å². The highest BCUT2D eigenvalue weighted by Gasteiger charge is 2.37. The first-order valence-corrected chi connectivity index (χ1v) is 5.47. The van der Waals surface area contributed by atoms with Gasteiger partial charge in [-0.15, -0.1) is 0 Å². The van der Waals surface area contributed by atoms with Crippen molar-refractivity contribution in [2.24, 2.45) is 0 Å². The van der Waals surface area contributed by atoms with E-state index >= 15 is 0 Å². The third kappa shape index (κ3) is 2.06. The van der Waals surface area contributed by atoms with Gasteiger partial charge in [0.05, 0.1) is 5.60 Å². The Bertz CT molecular complexity index is 350. The van der Waals surface area contributed by atoms with Crippen molar-refractivity contribution in [1.29, 1.82) is 0 Å². The van der Waals surface area contributed by atoms with E-state index in [1.54, 1.807) is 0 Å². The fraction of sp³-hybridized carbons (Fsp3) is 0.538. The zero-order valence-corrected chi connectivity index (χ0v) is 9.76. The summed E-state index contributed by atoms with van der Waals surface area (Å²) in [5.41, 5.74) is 4.15. The van der Waals surface area contributed by atoms with E-state index in [0.29, 0.717) is 0 Å². The first kappa shape index (κ1) is 10.7. The van der Waals surface area contributed by atoms with E-state index < -0.39 is 0 Å². The number of ether oxygens (including phenoxy) is 1. The van der Waals surface area contributed by atoms with Crippen molar-refractivity contribution in [3.8, 4) is 0 Å². The Kier molecular flexibility index (Phi) is 2.81. The molecule has 0 bridgehead atoms. The van der Waals surface area contributed by atoms with Crippen LogP contribution in [0.4, 0.5) is 0 Å². The molecule has 1 N–H and O–H groups in total. The van der Waals surface area contributed by atoms with Gasteiger partial charge in [-0.1, -0.05) is 23.8 Å². The fourth-order valence-electron chi connectivity index (χ4n) is 2.14.